The summed E-state index contributed by atoms with van der Waals surface area (Å²) in [6.07, 6.45) is -0.295. The Morgan fingerprint density at radius 1 is 1.10 bits per heavy atom. The third kappa shape index (κ3) is 5.64. The van der Waals surface area contributed by atoms with Crippen LogP contribution < -0.4 is 5.32 Å². The van der Waals surface area contributed by atoms with E-state index in [1.165, 1.54) is 0 Å². The van der Waals surface area contributed by atoms with E-state index in [-0.39, 0.29) is 6.61 Å². The zero-order valence-corrected chi connectivity index (χ0v) is 12.1. The van der Waals surface area contributed by atoms with Gasteiger partial charge in [0.05, 0.1) is 12.5 Å². The number of ether oxygens (including phenoxy) is 2. The van der Waals surface area contributed by atoms with Gasteiger partial charge in [0.1, 0.15) is 0 Å². The fourth-order valence-corrected chi connectivity index (χ4v) is 1.78. The number of hydrogen-bond acceptors (Lipinski definition) is 5. The zero-order valence-electron chi connectivity index (χ0n) is 12.1. The molecule has 0 saturated carbocycles. The van der Waals surface area contributed by atoms with Crippen LogP contribution in [0.15, 0.2) is 30.3 Å². The number of nitrogens with one attached hydrogen (secondary N) is 1. The molecule has 114 valence electrons. The predicted octanol–water partition coefficient (Wildman–Crippen LogP) is 2.00. The van der Waals surface area contributed by atoms with Crippen LogP contribution in [0.3, 0.4) is 0 Å². The Kier molecular flexibility index (Phi) is 6.94. The van der Waals surface area contributed by atoms with Crippen molar-refractivity contribution in [3.05, 3.63) is 35.9 Å². The second-order valence-electron chi connectivity index (χ2n) is 4.25. The van der Waals surface area contributed by atoms with Gasteiger partial charge in [-0.2, -0.15) is 0 Å². The monoisotopic (exact) mass is 293 g/mol. The van der Waals surface area contributed by atoms with Crippen LogP contribution in [0, 0.1) is 0 Å². The van der Waals surface area contributed by atoms with E-state index in [0.29, 0.717) is 6.42 Å². The fourth-order valence-electron chi connectivity index (χ4n) is 1.78. The molecule has 1 atom stereocenters. The van der Waals surface area contributed by atoms with E-state index < -0.39 is 30.5 Å². The highest BCUT2D eigenvalue weighted by molar-refractivity contribution is 5.93. The molecule has 2 amide bonds. The Morgan fingerprint density at radius 3 is 2.33 bits per heavy atom. The van der Waals surface area contributed by atoms with Crippen molar-refractivity contribution >= 4 is 18.0 Å². The molecule has 1 rings (SSSR count). The summed E-state index contributed by atoms with van der Waals surface area (Å²) in [5, 5.41) is 1.96. The van der Waals surface area contributed by atoms with Crippen molar-refractivity contribution < 1.29 is 23.9 Å². The Bertz CT molecular complexity index is 486. The van der Waals surface area contributed by atoms with Crippen molar-refractivity contribution in [1.29, 1.82) is 0 Å². The van der Waals surface area contributed by atoms with Gasteiger partial charge < -0.3 is 9.47 Å². The van der Waals surface area contributed by atoms with Crippen LogP contribution in [0.2, 0.25) is 0 Å². The third-order valence-corrected chi connectivity index (χ3v) is 2.76. The Morgan fingerprint density at radius 2 is 1.76 bits per heavy atom. The topological polar surface area (TPSA) is 81.7 Å². The fraction of sp³-hybridized carbons (Fsp3) is 0.400. The van der Waals surface area contributed by atoms with Gasteiger partial charge in [-0.05, 0) is 18.9 Å². The predicted molar refractivity (Wildman–Crippen MR) is 75.6 cm³/mol. The first kappa shape index (κ1) is 16.7. The van der Waals surface area contributed by atoms with Gasteiger partial charge >= 0.3 is 12.1 Å². The SMILES string of the molecule is CCOC(=O)NC(=O)COC(=O)[C@@H](CC)c1ccccc1. The van der Waals surface area contributed by atoms with Gasteiger partial charge in [-0.1, -0.05) is 37.3 Å². The highest BCUT2D eigenvalue weighted by Gasteiger charge is 2.21. The van der Waals surface area contributed by atoms with Crippen LogP contribution in [-0.2, 0) is 19.1 Å². The van der Waals surface area contributed by atoms with Crippen molar-refractivity contribution in [3.8, 4) is 0 Å². The lowest BCUT2D eigenvalue weighted by Crippen LogP contribution is -2.35. The van der Waals surface area contributed by atoms with Crippen LogP contribution in [0.1, 0.15) is 31.7 Å². The Labute approximate surface area is 123 Å². The molecule has 21 heavy (non-hydrogen) atoms. The van der Waals surface area contributed by atoms with E-state index in [2.05, 4.69) is 4.74 Å². The summed E-state index contributed by atoms with van der Waals surface area (Å²) in [5.41, 5.74) is 0.829. The second-order valence-corrected chi connectivity index (χ2v) is 4.25. The Hall–Kier alpha value is -2.37. The first-order chi connectivity index (χ1) is 10.1. The van der Waals surface area contributed by atoms with Crippen molar-refractivity contribution in [3.63, 3.8) is 0 Å². The minimum absolute atomic E-state index is 0.158. The van der Waals surface area contributed by atoms with E-state index in [1.807, 2.05) is 42.6 Å². The van der Waals surface area contributed by atoms with Crippen molar-refractivity contribution in [2.75, 3.05) is 13.2 Å². The maximum absolute atomic E-state index is 12.0. The molecule has 0 bridgehead atoms. The molecule has 1 N–H and O–H groups in total. The summed E-state index contributed by atoms with van der Waals surface area (Å²) in [7, 11) is 0. The second kappa shape index (κ2) is 8.73. The number of amides is 2. The first-order valence-electron chi connectivity index (χ1n) is 6.76. The number of carbonyl (C=O) groups excluding carboxylic acids is 3. The maximum Gasteiger partial charge on any atom is 0.413 e. The number of alkyl carbamates (subject to hydrolysis) is 1. The molecule has 0 aliphatic heterocycles. The van der Waals surface area contributed by atoms with Crippen molar-refractivity contribution in [2.45, 2.75) is 26.2 Å². The molecule has 0 aliphatic rings. The maximum atomic E-state index is 12.0. The molecule has 0 radical (unpaired) electrons. The summed E-state index contributed by atoms with van der Waals surface area (Å²) in [6, 6.07) is 9.17. The highest BCUT2D eigenvalue weighted by Crippen LogP contribution is 2.20. The molecule has 1 aromatic rings. The number of esters is 1. The van der Waals surface area contributed by atoms with Gasteiger partial charge in [0, 0.05) is 0 Å². The average molecular weight is 293 g/mol. The molecule has 0 heterocycles. The zero-order chi connectivity index (χ0) is 15.7. The van der Waals surface area contributed by atoms with Crippen LogP contribution in [0.5, 0.6) is 0 Å². The van der Waals surface area contributed by atoms with Crippen molar-refractivity contribution in [2.24, 2.45) is 0 Å². The smallest absolute Gasteiger partial charge is 0.413 e. The number of benzene rings is 1. The van der Waals surface area contributed by atoms with E-state index in [4.69, 9.17) is 4.74 Å². The van der Waals surface area contributed by atoms with Crippen LogP contribution in [0.25, 0.3) is 0 Å². The lowest BCUT2D eigenvalue weighted by atomic mass is 9.97. The van der Waals surface area contributed by atoms with Gasteiger partial charge in [-0.3, -0.25) is 14.9 Å². The molecular weight excluding hydrogens is 274 g/mol. The average Bonchev–Trinajstić information content (AvgIpc) is 2.47. The molecule has 0 saturated heterocycles. The molecule has 0 aromatic heterocycles. The molecule has 6 nitrogen and oxygen atoms in total. The third-order valence-electron chi connectivity index (χ3n) is 2.76. The number of hydrogen-bond donors (Lipinski definition) is 1. The normalized spacial score (nSPS) is 11.3. The van der Waals surface area contributed by atoms with E-state index in [0.717, 1.165) is 5.56 Å². The Balaban J connectivity index is 2.48. The summed E-state index contributed by atoms with van der Waals surface area (Å²) in [6.45, 7) is 3.12. The van der Waals surface area contributed by atoms with Gasteiger partial charge in [-0.15, -0.1) is 0 Å². The van der Waals surface area contributed by atoms with Gasteiger partial charge in [0.2, 0.25) is 0 Å². The molecule has 0 fully saturated rings. The van der Waals surface area contributed by atoms with Crippen molar-refractivity contribution in [1.82, 2.24) is 5.32 Å². The van der Waals surface area contributed by atoms with Crippen LogP contribution in [-0.4, -0.2) is 31.2 Å². The summed E-state index contributed by atoms with van der Waals surface area (Å²) < 4.78 is 9.48. The number of imide groups is 1. The largest absolute Gasteiger partial charge is 0.455 e. The number of carbonyl (C=O) groups is 3. The summed E-state index contributed by atoms with van der Waals surface area (Å²) >= 11 is 0. The number of rotatable bonds is 6. The standard InChI is InChI=1S/C15H19NO5/c1-3-12(11-8-6-5-7-9-11)14(18)21-10-13(17)16-15(19)20-4-2/h5-9,12H,3-4,10H2,1-2H3,(H,16,17,19)/t12-/m0/s1. The molecular formula is C15H19NO5. The first-order valence-corrected chi connectivity index (χ1v) is 6.76. The van der Waals surface area contributed by atoms with E-state index >= 15 is 0 Å². The summed E-state index contributed by atoms with van der Waals surface area (Å²) in [5.74, 6) is -1.64. The van der Waals surface area contributed by atoms with Gasteiger partial charge in [-0.25, -0.2) is 4.79 Å². The minimum Gasteiger partial charge on any atom is -0.455 e. The highest BCUT2D eigenvalue weighted by atomic mass is 16.6. The quantitative estimate of drug-likeness (QED) is 0.811. The van der Waals surface area contributed by atoms with Crippen LogP contribution >= 0.6 is 0 Å². The van der Waals surface area contributed by atoms with Gasteiger partial charge in [0.25, 0.3) is 5.91 Å². The molecule has 6 heteroatoms. The summed E-state index contributed by atoms with van der Waals surface area (Å²) in [4.78, 5) is 34.4. The molecule has 0 aliphatic carbocycles. The molecule has 0 spiro atoms. The van der Waals surface area contributed by atoms with Gasteiger partial charge in [0.15, 0.2) is 6.61 Å². The van der Waals surface area contributed by atoms with E-state index in [9.17, 15) is 14.4 Å². The van der Waals surface area contributed by atoms with E-state index in [1.54, 1.807) is 6.92 Å². The molecule has 0 unspecified atom stereocenters. The van der Waals surface area contributed by atoms with Crippen LogP contribution in [0.4, 0.5) is 4.79 Å². The lowest BCUT2D eigenvalue weighted by molar-refractivity contribution is -0.150. The molecule has 1 aromatic carbocycles. The lowest BCUT2D eigenvalue weighted by Gasteiger charge is -2.14. The minimum atomic E-state index is -0.853.